The normalized spacial score (nSPS) is 26.4. The zero-order valence-corrected chi connectivity index (χ0v) is 14.2. The lowest BCUT2D eigenvalue weighted by atomic mass is 9.83. The van der Waals surface area contributed by atoms with Crippen molar-refractivity contribution in [3.8, 4) is 0 Å². The topological polar surface area (TPSA) is 99.4 Å². The zero-order valence-electron chi connectivity index (χ0n) is 14.2. The van der Waals surface area contributed by atoms with Crippen LogP contribution in [0.1, 0.15) is 34.1 Å². The van der Waals surface area contributed by atoms with Gasteiger partial charge < -0.3 is 29.9 Å². The van der Waals surface area contributed by atoms with E-state index in [9.17, 15) is 0 Å². The van der Waals surface area contributed by atoms with Gasteiger partial charge in [-0.3, -0.25) is 0 Å². The van der Waals surface area contributed by atoms with Crippen LogP contribution in [-0.2, 0) is 9.47 Å². The van der Waals surface area contributed by atoms with Crippen molar-refractivity contribution in [1.82, 2.24) is 0 Å². The van der Waals surface area contributed by atoms with Crippen LogP contribution in [0.5, 0.6) is 0 Å². The SMILES string of the molecule is CC=C(C)C(CO)(CO)CO.CCC1(CO)COC(C)OC1. The molecule has 6 heteroatoms. The number of allylic oxidation sites excluding steroid dienone is 1. The first-order valence-electron chi connectivity index (χ1n) is 7.69. The van der Waals surface area contributed by atoms with Crippen molar-refractivity contribution in [1.29, 1.82) is 0 Å². The zero-order chi connectivity index (χ0) is 17.2. The summed E-state index contributed by atoms with van der Waals surface area (Å²) in [6, 6.07) is 0. The maximum Gasteiger partial charge on any atom is 0.154 e. The van der Waals surface area contributed by atoms with Crippen LogP contribution in [-0.4, -0.2) is 66.4 Å². The van der Waals surface area contributed by atoms with E-state index in [4.69, 9.17) is 29.9 Å². The van der Waals surface area contributed by atoms with Crippen molar-refractivity contribution < 1.29 is 29.9 Å². The van der Waals surface area contributed by atoms with E-state index in [2.05, 4.69) is 0 Å². The van der Waals surface area contributed by atoms with Gasteiger partial charge in [0.1, 0.15) is 0 Å². The number of rotatable bonds is 6. The molecule has 132 valence electrons. The molecular formula is C16H32O6. The average Bonchev–Trinajstić information content (AvgIpc) is 2.58. The summed E-state index contributed by atoms with van der Waals surface area (Å²) in [5, 5.41) is 35.8. The highest BCUT2D eigenvalue weighted by atomic mass is 16.7. The van der Waals surface area contributed by atoms with Gasteiger partial charge in [-0.1, -0.05) is 18.6 Å². The third-order valence-corrected chi connectivity index (χ3v) is 4.51. The number of ether oxygens (including phenoxy) is 2. The molecule has 0 bridgehead atoms. The second-order valence-electron chi connectivity index (χ2n) is 5.93. The molecule has 0 spiro atoms. The van der Waals surface area contributed by atoms with E-state index in [-0.39, 0.29) is 38.1 Å². The van der Waals surface area contributed by atoms with Gasteiger partial charge in [-0.25, -0.2) is 0 Å². The van der Waals surface area contributed by atoms with Crippen LogP contribution >= 0.6 is 0 Å². The first-order chi connectivity index (χ1) is 10.4. The van der Waals surface area contributed by atoms with Crippen LogP contribution in [0.3, 0.4) is 0 Å². The Labute approximate surface area is 133 Å². The average molecular weight is 320 g/mol. The van der Waals surface area contributed by atoms with Gasteiger partial charge in [0, 0.05) is 5.41 Å². The van der Waals surface area contributed by atoms with E-state index in [0.717, 1.165) is 12.0 Å². The summed E-state index contributed by atoms with van der Waals surface area (Å²) < 4.78 is 10.6. The molecule has 1 heterocycles. The Balaban J connectivity index is 0.000000401. The Morgan fingerprint density at radius 1 is 1.14 bits per heavy atom. The van der Waals surface area contributed by atoms with Crippen molar-refractivity contribution in [2.24, 2.45) is 10.8 Å². The van der Waals surface area contributed by atoms with Gasteiger partial charge >= 0.3 is 0 Å². The van der Waals surface area contributed by atoms with Crippen molar-refractivity contribution in [2.75, 3.05) is 39.6 Å². The summed E-state index contributed by atoms with van der Waals surface area (Å²) >= 11 is 0. The lowest BCUT2D eigenvalue weighted by Gasteiger charge is -2.36. The van der Waals surface area contributed by atoms with Crippen molar-refractivity contribution >= 4 is 0 Å². The molecule has 0 radical (unpaired) electrons. The van der Waals surface area contributed by atoms with Gasteiger partial charge in [-0.2, -0.15) is 0 Å². The largest absolute Gasteiger partial charge is 0.396 e. The van der Waals surface area contributed by atoms with E-state index < -0.39 is 5.41 Å². The second kappa shape index (κ2) is 10.3. The molecule has 0 atom stereocenters. The van der Waals surface area contributed by atoms with Crippen LogP contribution in [0.15, 0.2) is 11.6 Å². The summed E-state index contributed by atoms with van der Waals surface area (Å²) in [7, 11) is 0. The van der Waals surface area contributed by atoms with E-state index in [1.807, 2.05) is 20.8 Å². The minimum Gasteiger partial charge on any atom is -0.396 e. The molecule has 0 aromatic carbocycles. The molecule has 22 heavy (non-hydrogen) atoms. The molecule has 1 rings (SSSR count). The standard InChI is InChI=1S/2C8H16O3/c1-3-8(4-9)5-10-7(2)11-6-8;1-3-7(2)8(4-9,5-10)6-11/h7,9H,3-6H2,1-2H3;3,9-11H,4-6H2,1-2H3. The summed E-state index contributed by atoms with van der Waals surface area (Å²) in [4.78, 5) is 0. The Morgan fingerprint density at radius 3 is 1.82 bits per heavy atom. The second-order valence-corrected chi connectivity index (χ2v) is 5.93. The summed E-state index contributed by atoms with van der Waals surface area (Å²) in [6.45, 7) is 8.20. The fourth-order valence-electron chi connectivity index (χ4n) is 1.92. The third-order valence-electron chi connectivity index (χ3n) is 4.51. The molecule has 1 saturated heterocycles. The first-order valence-corrected chi connectivity index (χ1v) is 7.69. The Kier molecular flexibility index (Phi) is 10.1. The minimum absolute atomic E-state index is 0.110. The molecular weight excluding hydrogens is 288 g/mol. The maximum atomic E-state index is 9.07. The van der Waals surface area contributed by atoms with Gasteiger partial charge in [0.15, 0.2) is 6.29 Å². The predicted octanol–water partition coefficient (Wildman–Crippen LogP) is 0.684. The van der Waals surface area contributed by atoms with Crippen molar-refractivity contribution in [3.05, 3.63) is 11.6 Å². The highest BCUT2D eigenvalue weighted by Gasteiger charge is 2.33. The number of aliphatic hydroxyl groups is 4. The fraction of sp³-hybridized carbons (Fsp3) is 0.875. The van der Waals surface area contributed by atoms with Gasteiger partial charge in [0.2, 0.25) is 0 Å². The molecule has 6 nitrogen and oxygen atoms in total. The number of hydrogen-bond acceptors (Lipinski definition) is 6. The number of aliphatic hydroxyl groups excluding tert-OH is 4. The van der Waals surface area contributed by atoms with Crippen LogP contribution in [0, 0.1) is 10.8 Å². The summed E-state index contributed by atoms with van der Waals surface area (Å²) in [5.74, 6) is 0. The summed E-state index contributed by atoms with van der Waals surface area (Å²) in [5.41, 5.74) is -0.175. The lowest BCUT2D eigenvalue weighted by molar-refractivity contribution is -0.228. The van der Waals surface area contributed by atoms with Gasteiger partial charge in [0.05, 0.1) is 45.1 Å². The van der Waals surface area contributed by atoms with Gasteiger partial charge in [-0.15, -0.1) is 0 Å². The monoisotopic (exact) mass is 320 g/mol. The molecule has 4 N–H and O–H groups in total. The van der Waals surface area contributed by atoms with Crippen LogP contribution < -0.4 is 0 Å². The van der Waals surface area contributed by atoms with Crippen LogP contribution in [0.2, 0.25) is 0 Å². The molecule has 0 aromatic heterocycles. The first kappa shape index (κ1) is 21.5. The molecule has 0 aromatic rings. The lowest BCUT2D eigenvalue weighted by Crippen LogP contribution is -2.42. The highest BCUT2D eigenvalue weighted by molar-refractivity contribution is 5.11. The number of hydrogen-bond donors (Lipinski definition) is 4. The molecule has 1 aliphatic rings. The van der Waals surface area contributed by atoms with Gasteiger partial charge in [0.25, 0.3) is 0 Å². The minimum atomic E-state index is -0.839. The fourth-order valence-corrected chi connectivity index (χ4v) is 1.92. The third kappa shape index (κ3) is 5.61. The van der Waals surface area contributed by atoms with Crippen molar-refractivity contribution in [2.45, 2.75) is 40.4 Å². The molecule has 1 aliphatic heterocycles. The molecule has 0 saturated carbocycles. The van der Waals surface area contributed by atoms with Crippen LogP contribution in [0.25, 0.3) is 0 Å². The summed E-state index contributed by atoms with van der Waals surface area (Å²) in [6.07, 6.45) is 2.57. The Morgan fingerprint density at radius 2 is 1.59 bits per heavy atom. The maximum absolute atomic E-state index is 9.07. The molecule has 0 amide bonds. The Bertz CT molecular complexity index is 302. The Hall–Kier alpha value is -0.500. The van der Waals surface area contributed by atoms with Gasteiger partial charge in [-0.05, 0) is 27.2 Å². The molecule has 1 fully saturated rings. The van der Waals surface area contributed by atoms with Crippen molar-refractivity contribution in [3.63, 3.8) is 0 Å². The molecule has 0 aliphatic carbocycles. The van der Waals surface area contributed by atoms with Crippen LogP contribution in [0.4, 0.5) is 0 Å². The highest BCUT2D eigenvalue weighted by Crippen LogP contribution is 2.27. The van der Waals surface area contributed by atoms with E-state index in [1.54, 1.807) is 13.0 Å². The molecule has 0 unspecified atom stereocenters. The smallest absolute Gasteiger partial charge is 0.154 e. The van der Waals surface area contributed by atoms with E-state index >= 15 is 0 Å². The van der Waals surface area contributed by atoms with E-state index in [1.165, 1.54) is 0 Å². The quantitative estimate of drug-likeness (QED) is 0.537. The predicted molar refractivity (Wildman–Crippen MR) is 84.3 cm³/mol. The van der Waals surface area contributed by atoms with E-state index in [0.29, 0.717) is 13.2 Å².